The molecule has 0 spiro atoms. The average molecular weight is 353 g/mol. The van der Waals surface area contributed by atoms with Gasteiger partial charge in [-0.1, -0.05) is 18.6 Å². The van der Waals surface area contributed by atoms with Crippen LogP contribution in [0.5, 0.6) is 0 Å². The van der Waals surface area contributed by atoms with Crippen LogP contribution in [0.1, 0.15) is 46.6 Å². The Morgan fingerprint density at radius 3 is 2.96 bits per heavy atom. The molecule has 2 heterocycles. The molecule has 0 bridgehead atoms. The van der Waals surface area contributed by atoms with E-state index in [9.17, 15) is 9.59 Å². The molecule has 2 aromatic rings. The van der Waals surface area contributed by atoms with Gasteiger partial charge in [0.2, 0.25) is 5.91 Å². The maximum atomic E-state index is 12.5. The number of carbonyl (C=O) groups is 2. The minimum Gasteiger partial charge on any atom is -0.347 e. The number of fused-ring (bicyclic) bond motifs is 1. The third kappa shape index (κ3) is 3.48. The van der Waals surface area contributed by atoms with Gasteiger partial charge < -0.3 is 16.0 Å². The summed E-state index contributed by atoms with van der Waals surface area (Å²) in [4.78, 5) is 24.5. The highest BCUT2D eigenvalue weighted by atomic mass is 16.2. The molecule has 0 atom stereocenters. The molecule has 0 unspecified atom stereocenters. The van der Waals surface area contributed by atoms with E-state index in [-0.39, 0.29) is 17.7 Å². The molecule has 2 aliphatic rings. The van der Waals surface area contributed by atoms with Gasteiger partial charge >= 0.3 is 0 Å². The second-order valence-corrected chi connectivity index (χ2v) is 6.96. The molecule has 4 rings (SSSR count). The number of nitrogens with zero attached hydrogens (tertiary/aromatic N) is 1. The topological polar surface area (TPSA) is 98.9 Å². The highest BCUT2D eigenvalue weighted by Crippen LogP contribution is 2.27. The van der Waals surface area contributed by atoms with E-state index in [1.165, 1.54) is 0 Å². The summed E-state index contributed by atoms with van der Waals surface area (Å²) < 4.78 is 0. The molecule has 1 saturated carbocycles. The van der Waals surface area contributed by atoms with Crippen molar-refractivity contribution < 1.29 is 9.59 Å². The molecule has 136 valence electrons. The third-order valence-electron chi connectivity index (χ3n) is 5.14. The molecule has 1 fully saturated rings. The first-order chi connectivity index (χ1) is 12.7. The molecule has 0 saturated heterocycles. The first kappa shape index (κ1) is 16.8. The van der Waals surface area contributed by atoms with Crippen LogP contribution >= 0.6 is 0 Å². The first-order valence-electron chi connectivity index (χ1n) is 9.15. The van der Waals surface area contributed by atoms with E-state index < -0.39 is 0 Å². The van der Waals surface area contributed by atoms with Crippen molar-refractivity contribution in [1.29, 1.82) is 0 Å². The van der Waals surface area contributed by atoms with E-state index in [0.29, 0.717) is 18.8 Å². The van der Waals surface area contributed by atoms with Gasteiger partial charge in [-0.25, -0.2) is 0 Å². The fourth-order valence-corrected chi connectivity index (χ4v) is 3.35. The standard InChI is InChI=1S/C19H23N5O2/c25-18(13-4-2-5-13)22-14-6-1-3-12(9-14)10-21-19(26)17-15-11-20-8-7-16(15)23-24-17/h1,3,6,9,13,20H,2,4-5,7-8,10-11H2,(H,21,26)(H,22,25)(H,23,24). The van der Waals surface area contributed by atoms with E-state index in [2.05, 4.69) is 26.1 Å². The Hall–Kier alpha value is -2.67. The smallest absolute Gasteiger partial charge is 0.272 e. The van der Waals surface area contributed by atoms with Gasteiger partial charge in [-0.05, 0) is 30.5 Å². The van der Waals surface area contributed by atoms with E-state index in [0.717, 1.165) is 54.7 Å². The molecule has 0 radical (unpaired) electrons. The van der Waals surface area contributed by atoms with Crippen molar-refractivity contribution in [3.05, 3.63) is 46.8 Å². The molecule has 1 aliphatic carbocycles. The summed E-state index contributed by atoms with van der Waals surface area (Å²) in [6.07, 6.45) is 3.95. The molecule has 2 amide bonds. The van der Waals surface area contributed by atoms with Crippen LogP contribution in [0.15, 0.2) is 24.3 Å². The Balaban J connectivity index is 1.37. The van der Waals surface area contributed by atoms with Gasteiger partial charge in [0.25, 0.3) is 5.91 Å². The number of amides is 2. The van der Waals surface area contributed by atoms with Crippen LogP contribution in [0.25, 0.3) is 0 Å². The summed E-state index contributed by atoms with van der Waals surface area (Å²) in [5.74, 6) is 0.0565. The summed E-state index contributed by atoms with van der Waals surface area (Å²) >= 11 is 0. The number of H-pyrrole nitrogens is 1. The highest BCUT2D eigenvalue weighted by molar-refractivity contribution is 5.94. The summed E-state index contributed by atoms with van der Waals surface area (Å²) in [6, 6.07) is 7.59. The van der Waals surface area contributed by atoms with Crippen LogP contribution < -0.4 is 16.0 Å². The molecule has 1 aliphatic heterocycles. The zero-order valence-corrected chi connectivity index (χ0v) is 14.6. The molecule has 1 aromatic carbocycles. The van der Waals surface area contributed by atoms with Crippen molar-refractivity contribution in [2.45, 2.75) is 38.8 Å². The van der Waals surface area contributed by atoms with Gasteiger partial charge in [-0.3, -0.25) is 14.7 Å². The number of carbonyl (C=O) groups excluding carboxylic acids is 2. The number of hydrogen-bond acceptors (Lipinski definition) is 4. The number of benzene rings is 1. The van der Waals surface area contributed by atoms with Gasteiger partial charge in [0.15, 0.2) is 5.69 Å². The van der Waals surface area contributed by atoms with Crippen LogP contribution in [0, 0.1) is 5.92 Å². The van der Waals surface area contributed by atoms with E-state index in [1.54, 1.807) is 0 Å². The molecule has 4 N–H and O–H groups in total. The first-order valence-corrected chi connectivity index (χ1v) is 9.15. The van der Waals surface area contributed by atoms with Crippen molar-refractivity contribution >= 4 is 17.5 Å². The van der Waals surface area contributed by atoms with Crippen molar-refractivity contribution in [2.75, 3.05) is 11.9 Å². The van der Waals surface area contributed by atoms with Crippen LogP contribution in [0.3, 0.4) is 0 Å². The number of aromatic amines is 1. The number of aromatic nitrogens is 2. The Morgan fingerprint density at radius 1 is 1.27 bits per heavy atom. The van der Waals surface area contributed by atoms with Gasteiger partial charge in [0.05, 0.1) is 0 Å². The minimum atomic E-state index is -0.185. The number of hydrogen-bond donors (Lipinski definition) is 4. The van der Waals surface area contributed by atoms with Gasteiger partial charge in [-0.15, -0.1) is 0 Å². The monoisotopic (exact) mass is 353 g/mol. The normalized spacial score (nSPS) is 16.5. The SMILES string of the molecule is O=C(NCc1cccc(NC(=O)C2CCC2)c1)c1n[nH]c2c1CNCC2. The van der Waals surface area contributed by atoms with Gasteiger partial charge in [-0.2, -0.15) is 5.10 Å². The quantitative estimate of drug-likeness (QED) is 0.658. The van der Waals surface area contributed by atoms with Crippen molar-refractivity contribution in [3.63, 3.8) is 0 Å². The lowest BCUT2D eigenvalue weighted by molar-refractivity contribution is -0.122. The molecule has 1 aromatic heterocycles. The fraction of sp³-hybridized carbons (Fsp3) is 0.421. The highest BCUT2D eigenvalue weighted by Gasteiger charge is 2.25. The fourth-order valence-electron chi connectivity index (χ4n) is 3.35. The zero-order valence-electron chi connectivity index (χ0n) is 14.6. The Labute approximate surface area is 151 Å². The minimum absolute atomic E-state index is 0.0908. The van der Waals surface area contributed by atoms with Gasteiger partial charge in [0.1, 0.15) is 0 Å². The van der Waals surface area contributed by atoms with Crippen LogP contribution in [0.2, 0.25) is 0 Å². The summed E-state index contributed by atoms with van der Waals surface area (Å²) in [5.41, 5.74) is 4.16. The molecular formula is C19H23N5O2. The maximum absolute atomic E-state index is 12.5. The Kier molecular flexibility index (Phi) is 4.71. The van der Waals surface area contributed by atoms with E-state index >= 15 is 0 Å². The molecule has 7 heteroatoms. The van der Waals surface area contributed by atoms with Crippen molar-refractivity contribution in [2.24, 2.45) is 5.92 Å². The zero-order chi connectivity index (χ0) is 17.9. The maximum Gasteiger partial charge on any atom is 0.272 e. The molecule has 26 heavy (non-hydrogen) atoms. The van der Waals surface area contributed by atoms with E-state index in [4.69, 9.17) is 0 Å². The average Bonchev–Trinajstić information content (AvgIpc) is 3.02. The van der Waals surface area contributed by atoms with E-state index in [1.807, 2.05) is 24.3 Å². The van der Waals surface area contributed by atoms with Crippen LogP contribution in [-0.4, -0.2) is 28.6 Å². The predicted octanol–water partition coefficient (Wildman–Crippen LogP) is 1.72. The number of rotatable bonds is 5. The lowest BCUT2D eigenvalue weighted by Crippen LogP contribution is -2.28. The Bertz CT molecular complexity index is 825. The second kappa shape index (κ2) is 7.29. The van der Waals surface area contributed by atoms with Crippen molar-refractivity contribution in [3.8, 4) is 0 Å². The molecule has 7 nitrogen and oxygen atoms in total. The lowest BCUT2D eigenvalue weighted by atomic mass is 9.85. The van der Waals surface area contributed by atoms with Gasteiger partial charge in [0, 0.05) is 48.9 Å². The lowest BCUT2D eigenvalue weighted by Gasteiger charge is -2.24. The largest absolute Gasteiger partial charge is 0.347 e. The number of anilines is 1. The summed E-state index contributed by atoms with van der Waals surface area (Å²) in [5, 5.41) is 16.3. The third-order valence-corrected chi connectivity index (χ3v) is 5.14. The number of nitrogens with one attached hydrogen (secondary N) is 4. The second-order valence-electron chi connectivity index (χ2n) is 6.96. The molecular weight excluding hydrogens is 330 g/mol. The summed E-state index contributed by atoms with van der Waals surface area (Å²) in [7, 11) is 0. The van der Waals surface area contributed by atoms with Crippen LogP contribution in [0.4, 0.5) is 5.69 Å². The Morgan fingerprint density at radius 2 is 2.15 bits per heavy atom. The predicted molar refractivity (Wildman–Crippen MR) is 97.6 cm³/mol. The van der Waals surface area contributed by atoms with Crippen molar-refractivity contribution in [1.82, 2.24) is 20.8 Å². The summed E-state index contributed by atoms with van der Waals surface area (Å²) in [6.45, 7) is 1.95. The van der Waals surface area contributed by atoms with Crippen LogP contribution in [-0.2, 0) is 24.3 Å².